The lowest BCUT2D eigenvalue weighted by atomic mass is 10.2. The minimum Gasteiger partial charge on any atom is -0.493 e. The van der Waals surface area contributed by atoms with E-state index in [-0.39, 0.29) is 12.1 Å². The van der Waals surface area contributed by atoms with E-state index in [4.69, 9.17) is 9.47 Å². The monoisotopic (exact) mass is 696 g/mol. The maximum atomic E-state index is 12.9. The first kappa shape index (κ1) is 29.6. The second-order valence-corrected chi connectivity index (χ2v) is 10.9. The van der Waals surface area contributed by atoms with Crippen LogP contribution in [-0.4, -0.2) is 24.2 Å². The lowest BCUT2D eigenvalue weighted by Crippen LogP contribution is -2.20. The molecule has 1 heterocycles. The molecule has 0 saturated carbocycles. The number of ether oxygens (including phenoxy) is 2. The molecule has 3 aromatic carbocycles. The molecule has 0 saturated heterocycles. The van der Waals surface area contributed by atoms with Gasteiger partial charge in [0.25, 0.3) is 0 Å². The van der Waals surface area contributed by atoms with Crippen molar-refractivity contribution in [2.75, 3.05) is 12.4 Å². The van der Waals surface area contributed by atoms with Gasteiger partial charge in [0.2, 0.25) is 5.91 Å². The van der Waals surface area contributed by atoms with Gasteiger partial charge in [-0.3, -0.25) is 4.79 Å². The third kappa shape index (κ3) is 8.29. The lowest BCUT2D eigenvalue weighted by Gasteiger charge is -2.13. The maximum absolute atomic E-state index is 12.9. The quantitative estimate of drug-likeness (QED) is 0.131. The molecule has 1 amide bonds. The van der Waals surface area contributed by atoms with Crippen LogP contribution in [0, 0.1) is 0 Å². The van der Waals surface area contributed by atoms with Crippen molar-refractivity contribution in [2.45, 2.75) is 19.2 Å². The highest BCUT2D eigenvalue weighted by atomic mass is 79.9. The number of alkyl halides is 3. The van der Waals surface area contributed by atoms with Crippen molar-refractivity contribution in [3.63, 3.8) is 0 Å². The second kappa shape index (κ2) is 13.3. The van der Waals surface area contributed by atoms with Crippen LogP contribution in [-0.2, 0) is 24.0 Å². The van der Waals surface area contributed by atoms with Crippen LogP contribution < -0.4 is 20.2 Å². The number of nitrogens with zero attached hydrogens (tertiary/aromatic N) is 2. The molecular weight excluding hydrogens is 677 g/mol. The molecule has 0 unspecified atom stereocenters. The number of hydrazone groups is 1. The number of rotatable bonds is 10. The molecule has 7 nitrogen and oxygen atoms in total. The SMILES string of the molecule is COc1cc(/C=N\NC(=O)Cc2csc(Nc3cccc(C(F)(F)F)c3)n2)c(Br)cc1OCc1ccc(Br)cc1. The molecule has 1 aromatic heterocycles. The molecule has 4 aromatic rings. The Morgan fingerprint density at radius 3 is 2.60 bits per heavy atom. The van der Waals surface area contributed by atoms with Gasteiger partial charge in [-0.05, 0) is 64.0 Å². The molecule has 0 aliphatic heterocycles. The number of thiazole rings is 1. The molecule has 0 bridgehead atoms. The zero-order valence-corrected chi connectivity index (χ0v) is 24.7. The molecule has 208 valence electrons. The van der Waals surface area contributed by atoms with Crippen LogP contribution in [0.5, 0.6) is 11.5 Å². The summed E-state index contributed by atoms with van der Waals surface area (Å²) in [5.74, 6) is 0.623. The zero-order valence-electron chi connectivity index (χ0n) is 20.8. The van der Waals surface area contributed by atoms with Crippen molar-refractivity contribution >= 4 is 66.1 Å². The highest BCUT2D eigenvalue weighted by molar-refractivity contribution is 9.10. The topological polar surface area (TPSA) is 84.8 Å². The summed E-state index contributed by atoms with van der Waals surface area (Å²) in [5, 5.41) is 8.86. The molecular formula is C27H21Br2F3N4O3S. The van der Waals surface area contributed by atoms with Crippen LogP contribution in [0.3, 0.4) is 0 Å². The van der Waals surface area contributed by atoms with E-state index in [0.29, 0.717) is 39.0 Å². The van der Waals surface area contributed by atoms with E-state index >= 15 is 0 Å². The molecule has 0 aliphatic rings. The number of methoxy groups -OCH3 is 1. The number of amides is 1. The van der Waals surface area contributed by atoms with Crippen LogP contribution in [0.25, 0.3) is 0 Å². The van der Waals surface area contributed by atoms with Gasteiger partial charge in [-0.2, -0.15) is 18.3 Å². The van der Waals surface area contributed by atoms with Crippen LogP contribution in [0.2, 0.25) is 0 Å². The van der Waals surface area contributed by atoms with Crippen molar-refractivity contribution in [3.8, 4) is 11.5 Å². The Labute approximate surface area is 248 Å². The molecule has 13 heteroatoms. The predicted octanol–water partition coefficient (Wildman–Crippen LogP) is 7.71. The standard InChI is InChI=1S/C27H21Br2F3N4O3S/c1-38-23-9-17(22(29)12-24(23)39-14-16-5-7-19(28)8-6-16)13-33-36-25(37)11-21-15-40-26(35-21)34-20-4-2-3-18(10-20)27(30,31)32/h2-10,12-13,15H,11,14H2,1H3,(H,34,35)(H,36,37)/b33-13-. The summed E-state index contributed by atoms with van der Waals surface area (Å²) in [6, 6.07) is 16.1. The Bertz CT molecular complexity index is 1510. The summed E-state index contributed by atoms with van der Waals surface area (Å²) in [6.07, 6.45) is -3.04. The van der Waals surface area contributed by atoms with Crippen molar-refractivity contribution in [1.82, 2.24) is 10.4 Å². The van der Waals surface area contributed by atoms with E-state index in [2.05, 4.69) is 52.7 Å². The van der Waals surface area contributed by atoms with Gasteiger partial charge < -0.3 is 14.8 Å². The first-order valence-corrected chi connectivity index (χ1v) is 14.0. The third-order valence-electron chi connectivity index (χ3n) is 5.32. The Kier molecular flexibility index (Phi) is 9.82. The summed E-state index contributed by atoms with van der Waals surface area (Å²) >= 11 is 8.07. The fraction of sp³-hybridized carbons (Fsp3) is 0.148. The Balaban J connectivity index is 1.32. The summed E-state index contributed by atoms with van der Waals surface area (Å²) in [7, 11) is 1.53. The van der Waals surface area contributed by atoms with Gasteiger partial charge in [-0.1, -0.05) is 34.1 Å². The maximum Gasteiger partial charge on any atom is 0.416 e. The Hall–Kier alpha value is -3.42. The molecule has 4 rings (SSSR count). The largest absolute Gasteiger partial charge is 0.493 e. The van der Waals surface area contributed by atoms with Crippen LogP contribution in [0.1, 0.15) is 22.4 Å². The van der Waals surface area contributed by atoms with Gasteiger partial charge in [0.15, 0.2) is 16.6 Å². The van der Waals surface area contributed by atoms with E-state index in [1.165, 1.54) is 36.8 Å². The number of benzene rings is 3. The minimum absolute atomic E-state index is 0.0641. The van der Waals surface area contributed by atoms with E-state index in [9.17, 15) is 18.0 Å². The predicted molar refractivity (Wildman–Crippen MR) is 155 cm³/mol. The Morgan fingerprint density at radius 2 is 1.88 bits per heavy atom. The van der Waals surface area contributed by atoms with E-state index in [0.717, 1.165) is 22.2 Å². The van der Waals surface area contributed by atoms with Crippen molar-refractivity contribution in [2.24, 2.45) is 5.10 Å². The fourth-order valence-electron chi connectivity index (χ4n) is 3.38. The smallest absolute Gasteiger partial charge is 0.416 e. The summed E-state index contributed by atoms with van der Waals surface area (Å²) in [4.78, 5) is 16.6. The van der Waals surface area contributed by atoms with Gasteiger partial charge >= 0.3 is 6.18 Å². The number of carbonyl (C=O) groups is 1. The van der Waals surface area contributed by atoms with E-state index in [1.807, 2.05) is 24.3 Å². The van der Waals surface area contributed by atoms with Gasteiger partial charge in [0.05, 0.1) is 31.0 Å². The minimum atomic E-state index is -4.44. The van der Waals surface area contributed by atoms with E-state index < -0.39 is 17.6 Å². The fourth-order valence-corrected chi connectivity index (χ4v) is 4.80. The van der Waals surface area contributed by atoms with Gasteiger partial charge in [0, 0.05) is 25.6 Å². The lowest BCUT2D eigenvalue weighted by molar-refractivity contribution is -0.137. The summed E-state index contributed by atoms with van der Waals surface area (Å²) in [6.45, 7) is 0.355. The molecule has 0 radical (unpaired) electrons. The molecule has 0 spiro atoms. The van der Waals surface area contributed by atoms with Gasteiger partial charge in [-0.25, -0.2) is 10.4 Å². The third-order valence-corrected chi connectivity index (χ3v) is 7.34. The highest BCUT2D eigenvalue weighted by Gasteiger charge is 2.30. The second-order valence-electron chi connectivity index (χ2n) is 8.26. The van der Waals surface area contributed by atoms with Gasteiger partial charge in [-0.15, -0.1) is 11.3 Å². The number of halogens is 5. The first-order valence-electron chi connectivity index (χ1n) is 11.6. The van der Waals surface area contributed by atoms with E-state index in [1.54, 1.807) is 17.5 Å². The normalized spacial score (nSPS) is 11.4. The first-order chi connectivity index (χ1) is 19.1. The van der Waals surface area contributed by atoms with Crippen LogP contribution >= 0.6 is 43.2 Å². The molecule has 0 fully saturated rings. The molecule has 2 N–H and O–H groups in total. The summed E-state index contributed by atoms with van der Waals surface area (Å²) in [5.41, 5.74) is 4.01. The average Bonchev–Trinajstić information content (AvgIpc) is 3.35. The number of hydrogen-bond donors (Lipinski definition) is 2. The zero-order chi connectivity index (χ0) is 28.7. The number of aromatic nitrogens is 1. The molecule has 0 atom stereocenters. The number of anilines is 2. The Morgan fingerprint density at radius 1 is 1.10 bits per heavy atom. The summed E-state index contributed by atoms with van der Waals surface area (Å²) < 4.78 is 51.8. The van der Waals surface area contributed by atoms with Crippen molar-refractivity contribution < 1.29 is 27.4 Å². The van der Waals surface area contributed by atoms with Crippen LogP contribution in [0.4, 0.5) is 24.0 Å². The van der Waals surface area contributed by atoms with Crippen molar-refractivity contribution in [3.05, 3.63) is 97.4 Å². The molecule has 0 aliphatic carbocycles. The van der Waals surface area contributed by atoms with Crippen molar-refractivity contribution in [1.29, 1.82) is 0 Å². The molecule has 40 heavy (non-hydrogen) atoms. The number of hydrogen-bond acceptors (Lipinski definition) is 7. The van der Waals surface area contributed by atoms with Crippen LogP contribution in [0.15, 0.2) is 80.1 Å². The average molecular weight is 698 g/mol. The number of carbonyl (C=O) groups excluding carboxylic acids is 1. The number of nitrogens with one attached hydrogen (secondary N) is 2. The van der Waals surface area contributed by atoms with Gasteiger partial charge in [0.1, 0.15) is 6.61 Å². The highest BCUT2D eigenvalue weighted by Crippen LogP contribution is 2.34.